The predicted octanol–water partition coefficient (Wildman–Crippen LogP) is 0.753. The zero-order valence-electron chi connectivity index (χ0n) is 10.5. The van der Waals surface area contributed by atoms with E-state index in [0.29, 0.717) is 12.1 Å². The third kappa shape index (κ3) is 1.93. The van der Waals surface area contributed by atoms with Gasteiger partial charge in [0.25, 0.3) is 5.91 Å². The molecule has 0 saturated carbocycles. The molecule has 1 aromatic carbocycles. The Bertz CT molecular complexity index is 471. The maximum absolute atomic E-state index is 12.1. The Morgan fingerprint density at radius 2 is 2.33 bits per heavy atom. The van der Waals surface area contributed by atoms with Crippen LogP contribution in [0.25, 0.3) is 0 Å². The number of aliphatic hydroxyl groups is 1. The van der Waals surface area contributed by atoms with E-state index in [1.807, 2.05) is 0 Å². The third-order valence-corrected chi connectivity index (χ3v) is 3.49. The SMILES string of the molecule is CC(=O)[C@H](c1c[c]ccc1)[C@]1(O)CCN(C)C1=O. The van der Waals surface area contributed by atoms with Gasteiger partial charge in [-0.1, -0.05) is 24.3 Å². The molecule has 0 aromatic heterocycles. The van der Waals surface area contributed by atoms with E-state index in [1.54, 1.807) is 31.3 Å². The number of carbonyl (C=O) groups is 2. The molecule has 4 heteroatoms. The molecule has 1 amide bonds. The Morgan fingerprint density at radius 3 is 2.78 bits per heavy atom. The second kappa shape index (κ2) is 4.53. The van der Waals surface area contributed by atoms with Crippen molar-refractivity contribution in [3.05, 3.63) is 35.9 Å². The first-order chi connectivity index (χ1) is 8.47. The van der Waals surface area contributed by atoms with Crippen molar-refractivity contribution >= 4 is 11.7 Å². The van der Waals surface area contributed by atoms with Gasteiger partial charge in [0.05, 0.1) is 5.92 Å². The molecule has 0 spiro atoms. The molecule has 18 heavy (non-hydrogen) atoms. The van der Waals surface area contributed by atoms with Crippen LogP contribution in [0.4, 0.5) is 0 Å². The smallest absolute Gasteiger partial charge is 0.255 e. The summed E-state index contributed by atoms with van der Waals surface area (Å²) in [7, 11) is 1.63. The lowest BCUT2D eigenvalue weighted by molar-refractivity contribution is -0.148. The Hall–Kier alpha value is -1.68. The molecule has 1 radical (unpaired) electrons. The summed E-state index contributed by atoms with van der Waals surface area (Å²) in [4.78, 5) is 25.4. The largest absolute Gasteiger partial charge is 0.379 e. The molecule has 0 unspecified atom stereocenters. The predicted molar refractivity (Wildman–Crippen MR) is 65.9 cm³/mol. The summed E-state index contributed by atoms with van der Waals surface area (Å²) in [6, 6.07) is 9.73. The Balaban J connectivity index is 2.44. The Labute approximate surface area is 106 Å². The first-order valence-electron chi connectivity index (χ1n) is 5.91. The Morgan fingerprint density at radius 1 is 1.61 bits per heavy atom. The van der Waals surface area contributed by atoms with Crippen molar-refractivity contribution in [2.24, 2.45) is 0 Å². The molecule has 0 aliphatic carbocycles. The number of likely N-dealkylation sites (tertiary alicyclic amines) is 1. The van der Waals surface area contributed by atoms with Gasteiger partial charge in [0.1, 0.15) is 5.78 Å². The number of rotatable bonds is 3. The number of Topliss-reactive ketones (excluding diaryl/α,β-unsaturated/α-hetero) is 1. The van der Waals surface area contributed by atoms with Crippen molar-refractivity contribution in [2.45, 2.75) is 24.9 Å². The van der Waals surface area contributed by atoms with E-state index in [1.165, 1.54) is 11.8 Å². The second-order valence-corrected chi connectivity index (χ2v) is 4.78. The van der Waals surface area contributed by atoms with Crippen molar-refractivity contribution in [3.8, 4) is 0 Å². The average molecular weight is 246 g/mol. The zero-order chi connectivity index (χ0) is 13.3. The van der Waals surface area contributed by atoms with Gasteiger partial charge < -0.3 is 10.0 Å². The highest BCUT2D eigenvalue weighted by Gasteiger charge is 2.51. The minimum Gasteiger partial charge on any atom is -0.379 e. The highest BCUT2D eigenvalue weighted by atomic mass is 16.3. The Kier molecular flexibility index (Phi) is 3.22. The summed E-state index contributed by atoms with van der Waals surface area (Å²) >= 11 is 0. The van der Waals surface area contributed by atoms with E-state index >= 15 is 0 Å². The average Bonchev–Trinajstić information content (AvgIpc) is 2.59. The molecule has 1 aliphatic heterocycles. The first-order valence-corrected chi connectivity index (χ1v) is 5.91. The zero-order valence-corrected chi connectivity index (χ0v) is 10.5. The summed E-state index contributed by atoms with van der Waals surface area (Å²) in [5.74, 6) is -1.40. The standard InChI is InChI=1S/C14H16NO3/c1-10(16)12(11-6-4-3-5-7-11)14(18)8-9-15(2)13(14)17/h3-4,6-7,12,18H,8-9H2,1-2H3/t12-,14-/m1/s1. The first kappa shape index (κ1) is 12.8. The van der Waals surface area contributed by atoms with Crippen LogP contribution in [0.5, 0.6) is 0 Å². The van der Waals surface area contributed by atoms with Gasteiger partial charge in [-0.2, -0.15) is 0 Å². The van der Waals surface area contributed by atoms with E-state index in [9.17, 15) is 14.7 Å². The van der Waals surface area contributed by atoms with Crippen LogP contribution in [0.2, 0.25) is 0 Å². The van der Waals surface area contributed by atoms with Crippen LogP contribution in [-0.4, -0.2) is 40.9 Å². The molecule has 1 heterocycles. The number of nitrogens with zero attached hydrogens (tertiary/aromatic N) is 1. The summed E-state index contributed by atoms with van der Waals surface area (Å²) in [6.07, 6.45) is 0.279. The fourth-order valence-electron chi connectivity index (χ4n) is 2.58. The van der Waals surface area contributed by atoms with Crippen LogP contribution < -0.4 is 0 Å². The quantitative estimate of drug-likeness (QED) is 0.856. The highest BCUT2D eigenvalue weighted by molar-refractivity contribution is 5.97. The molecule has 1 N–H and O–H groups in total. The molecule has 1 aliphatic rings. The number of likely N-dealkylation sites (N-methyl/N-ethyl adjacent to an activating group) is 1. The van der Waals surface area contributed by atoms with Gasteiger partial charge in [0.15, 0.2) is 5.60 Å². The molecule has 2 rings (SSSR count). The molecular formula is C14H16NO3. The van der Waals surface area contributed by atoms with Gasteiger partial charge in [-0.05, 0) is 18.6 Å². The fourth-order valence-corrected chi connectivity index (χ4v) is 2.58. The second-order valence-electron chi connectivity index (χ2n) is 4.78. The van der Waals surface area contributed by atoms with E-state index in [0.717, 1.165) is 0 Å². The van der Waals surface area contributed by atoms with Crippen molar-refractivity contribution in [1.82, 2.24) is 4.90 Å². The van der Waals surface area contributed by atoms with E-state index in [-0.39, 0.29) is 18.1 Å². The van der Waals surface area contributed by atoms with Gasteiger partial charge in [0.2, 0.25) is 0 Å². The molecular weight excluding hydrogens is 230 g/mol. The van der Waals surface area contributed by atoms with Crippen LogP contribution in [0.15, 0.2) is 24.3 Å². The van der Waals surface area contributed by atoms with Crippen LogP contribution in [0.1, 0.15) is 24.8 Å². The summed E-state index contributed by atoms with van der Waals surface area (Å²) in [6.45, 7) is 1.87. The number of amides is 1. The fraction of sp³-hybridized carbons (Fsp3) is 0.429. The van der Waals surface area contributed by atoms with Crippen molar-refractivity contribution in [3.63, 3.8) is 0 Å². The lowest BCUT2D eigenvalue weighted by Gasteiger charge is -2.29. The van der Waals surface area contributed by atoms with Gasteiger partial charge in [-0.15, -0.1) is 0 Å². The topological polar surface area (TPSA) is 57.6 Å². The van der Waals surface area contributed by atoms with Crippen LogP contribution >= 0.6 is 0 Å². The maximum atomic E-state index is 12.1. The maximum Gasteiger partial charge on any atom is 0.255 e. The highest BCUT2D eigenvalue weighted by Crippen LogP contribution is 2.37. The van der Waals surface area contributed by atoms with Crippen LogP contribution in [-0.2, 0) is 9.59 Å². The monoisotopic (exact) mass is 246 g/mol. The third-order valence-electron chi connectivity index (χ3n) is 3.49. The number of benzene rings is 1. The number of hydrogen-bond acceptors (Lipinski definition) is 3. The number of carbonyl (C=O) groups excluding carboxylic acids is 2. The van der Waals surface area contributed by atoms with Gasteiger partial charge in [0, 0.05) is 20.0 Å². The van der Waals surface area contributed by atoms with Gasteiger partial charge in [-0.3, -0.25) is 9.59 Å². The summed E-state index contributed by atoms with van der Waals surface area (Å²) < 4.78 is 0. The molecule has 95 valence electrons. The normalized spacial score (nSPS) is 25.3. The summed E-state index contributed by atoms with van der Waals surface area (Å²) in [5, 5.41) is 10.6. The number of ketones is 1. The van der Waals surface area contributed by atoms with Crippen molar-refractivity contribution < 1.29 is 14.7 Å². The minimum atomic E-state index is -1.62. The van der Waals surface area contributed by atoms with E-state index in [2.05, 4.69) is 6.07 Å². The summed E-state index contributed by atoms with van der Waals surface area (Å²) in [5.41, 5.74) is -0.980. The lowest BCUT2D eigenvalue weighted by Crippen LogP contribution is -2.46. The van der Waals surface area contributed by atoms with E-state index in [4.69, 9.17) is 0 Å². The van der Waals surface area contributed by atoms with Crippen LogP contribution in [0, 0.1) is 6.07 Å². The van der Waals surface area contributed by atoms with Gasteiger partial charge >= 0.3 is 0 Å². The van der Waals surface area contributed by atoms with E-state index < -0.39 is 11.5 Å². The molecule has 2 atom stereocenters. The number of hydrogen-bond donors (Lipinski definition) is 1. The molecule has 1 fully saturated rings. The lowest BCUT2D eigenvalue weighted by atomic mass is 9.78. The molecule has 1 saturated heterocycles. The minimum absolute atomic E-state index is 0.208. The van der Waals surface area contributed by atoms with Gasteiger partial charge in [-0.25, -0.2) is 0 Å². The molecule has 1 aromatic rings. The molecule has 4 nitrogen and oxygen atoms in total. The molecule has 0 bridgehead atoms. The van der Waals surface area contributed by atoms with Crippen LogP contribution in [0.3, 0.4) is 0 Å². The van der Waals surface area contributed by atoms with Crippen molar-refractivity contribution in [1.29, 1.82) is 0 Å². The van der Waals surface area contributed by atoms with Crippen molar-refractivity contribution in [2.75, 3.05) is 13.6 Å².